The molecule has 0 fully saturated rings. The molecule has 0 aliphatic carbocycles. The zero-order valence-electron chi connectivity index (χ0n) is 7.48. The lowest BCUT2D eigenvalue weighted by Crippen LogP contribution is -2.12. The Morgan fingerprint density at radius 2 is 2.20 bits per heavy atom. The number of nitrogens with one attached hydrogen (secondary N) is 1. The molecule has 4 nitrogen and oxygen atoms in total. The molecule has 2 aromatic heterocycles. The summed E-state index contributed by atoms with van der Waals surface area (Å²) >= 11 is 7.20. The molecule has 2 aromatic rings. The minimum Gasteiger partial charge on any atom is -0.304 e. The molecule has 0 spiro atoms. The zero-order chi connectivity index (χ0) is 10.7. The molecule has 76 valence electrons. The van der Waals surface area contributed by atoms with E-state index in [0.717, 1.165) is 0 Å². The lowest BCUT2D eigenvalue weighted by molar-refractivity contribution is 0.102. The second-order valence-corrected chi connectivity index (χ2v) is 3.80. The average molecular weight is 240 g/mol. The standard InChI is InChI=1S/C9H6ClN3OS/c10-7-8(12-3-2-11-7)13-9(14)6-1-4-15-5-6/h1-5H,(H,12,13,14). The Hall–Kier alpha value is -1.46. The molecule has 2 heterocycles. The fourth-order valence-electron chi connectivity index (χ4n) is 0.978. The Labute approximate surface area is 94.9 Å². The first-order chi connectivity index (χ1) is 7.27. The summed E-state index contributed by atoms with van der Waals surface area (Å²) < 4.78 is 0. The molecule has 0 radical (unpaired) electrons. The van der Waals surface area contributed by atoms with E-state index in [1.54, 1.807) is 11.4 Å². The number of carbonyl (C=O) groups is 1. The predicted molar refractivity (Wildman–Crippen MR) is 59.3 cm³/mol. The van der Waals surface area contributed by atoms with Crippen molar-refractivity contribution in [2.24, 2.45) is 0 Å². The van der Waals surface area contributed by atoms with Crippen LogP contribution >= 0.6 is 22.9 Å². The van der Waals surface area contributed by atoms with Gasteiger partial charge in [-0.25, -0.2) is 9.97 Å². The molecule has 0 saturated carbocycles. The van der Waals surface area contributed by atoms with Crippen LogP contribution in [0, 0.1) is 0 Å². The van der Waals surface area contributed by atoms with Crippen LogP contribution in [0.5, 0.6) is 0 Å². The van der Waals surface area contributed by atoms with Gasteiger partial charge in [-0.2, -0.15) is 11.3 Å². The third kappa shape index (κ3) is 2.31. The molecule has 0 aromatic carbocycles. The number of carbonyl (C=O) groups excluding carboxylic acids is 1. The van der Waals surface area contributed by atoms with E-state index in [9.17, 15) is 4.79 Å². The van der Waals surface area contributed by atoms with Gasteiger partial charge in [-0.05, 0) is 11.4 Å². The van der Waals surface area contributed by atoms with E-state index in [1.807, 2.05) is 5.38 Å². The maximum Gasteiger partial charge on any atom is 0.257 e. The van der Waals surface area contributed by atoms with E-state index in [0.29, 0.717) is 5.56 Å². The average Bonchev–Trinajstić information content (AvgIpc) is 2.74. The third-order valence-corrected chi connectivity index (χ3v) is 2.63. The molecule has 6 heteroatoms. The number of hydrogen-bond acceptors (Lipinski definition) is 4. The van der Waals surface area contributed by atoms with Crippen LogP contribution in [0.4, 0.5) is 5.82 Å². The van der Waals surface area contributed by atoms with Gasteiger partial charge in [0.2, 0.25) is 0 Å². The molecule has 1 amide bonds. The van der Waals surface area contributed by atoms with Gasteiger partial charge in [-0.3, -0.25) is 4.79 Å². The number of hydrogen-bond donors (Lipinski definition) is 1. The molecule has 15 heavy (non-hydrogen) atoms. The highest BCUT2D eigenvalue weighted by Gasteiger charge is 2.09. The maximum atomic E-state index is 11.6. The van der Waals surface area contributed by atoms with Gasteiger partial charge in [-0.15, -0.1) is 0 Å². The fourth-order valence-corrected chi connectivity index (χ4v) is 1.77. The minimum absolute atomic E-state index is 0.182. The van der Waals surface area contributed by atoms with Crippen LogP contribution in [0.15, 0.2) is 29.2 Å². The molecule has 0 unspecified atom stereocenters. The predicted octanol–water partition coefficient (Wildman–Crippen LogP) is 2.44. The molecule has 0 atom stereocenters. The van der Waals surface area contributed by atoms with Gasteiger partial charge in [0, 0.05) is 17.8 Å². The van der Waals surface area contributed by atoms with E-state index in [1.165, 1.54) is 23.7 Å². The number of amides is 1. The highest BCUT2D eigenvalue weighted by Crippen LogP contribution is 2.16. The van der Waals surface area contributed by atoms with Crippen LogP contribution in [0.3, 0.4) is 0 Å². The van der Waals surface area contributed by atoms with Crippen molar-refractivity contribution in [1.29, 1.82) is 0 Å². The molecular weight excluding hydrogens is 234 g/mol. The zero-order valence-corrected chi connectivity index (χ0v) is 9.05. The first kappa shape index (κ1) is 10.1. The van der Waals surface area contributed by atoms with Crippen LogP contribution in [0.2, 0.25) is 5.15 Å². The van der Waals surface area contributed by atoms with Crippen molar-refractivity contribution in [3.63, 3.8) is 0 Å². The summed E-state index contributed by atoms with van der Waals surface area (Å²) in [5, 5.41) is 6.33. The topological polar surface area (TPSA) is 54.9 Å². The van der Waals surface area contributed by atoms with Gasteiger partial charge in [0.1, 0.15) is 0 Å². The van der Waals surface area contributed by atoms with Gasteiger partial charge in [0.05, 0.1) is 5.56 Å². The summed E-state index contributed by atoms with van der Waals surface area (Å²) in [6, 6.07) is 1.73. The number of nitrogens with zero attached hydrogens (tertiary/aromatic N) is 2. The maximum absolute atomic E-state index is 11.6. The summed E-state index contributed by atoms with van der Waals surface area (Å²) in [6.45, 7) is 0. The van der Waals surface area contributed by atoms with Crippen molar-refractivity contribution in [3.8, 4) is 0 Å². The normalized spacial score (nSPS) is 9.93. The Balaban J connectivity index is 2.17. The smallest absolute Gasteiger partial charge is 0.257 e. The second-order valence-electron chi connectivity index (χ2n) is 2.66. The van der Waals surface area contributed by atoms with E-state index in [2.05, 4.69) is 15.3 Å². The van der Waals surface area contributed by atoms with Crippen molar-refractivity contribution in [2.75, 3.05) is 5.32 Å². The molecule has 0 aliphatic heterocycles. The van der Waals surface area contributed by atoms with E-state index < -0.39 is 0 Å². The molecule has 0 saturated heterocycles. The van der Waals surface area contributed by atoms with E-state index in [-0.39, 0.29) is 16.9 Å². The molecule has 1 N–H and O–H groups in total. The van der Waals surface area contributed by atoms with Crippen LogP contribution in [0.1, 0.15) is 10.4 Å². The van der Waals surface area contributed by atoms with Gasteiger partial charge in [0.25, 0.3) is 5.91 Å². The first-order valence-corrected chi connectivity index (χ1v) is 5.39. The highest BCUT2D eigenvalue weighted by molar-refractivity contribution is 7.08. The van der Waals surface area contributed by atoms with Crippen molar-refractivity contribution < 1.29 is 4.79 Å². The molecule has 0 aliphatic rings. The summed E-state index contributed by atoms with van der Waals surface area (Å²) in [4.78, 5) is 19.3. The van der Waals surface area contributed by atoms with Crippen LogP contribution in [-0.4, -0.2) is 15.9 Å². The van der Waals surface area contributed by atoms with E-state index >= 15 is 0 Å². The number of anilines is 1. The van der Waals surface area contributed by atoms with Crippen LogP contribution < -0.4 is 5.32 Å². The first-order valence-electron chi connectivity index (χ1n) is 4.07. The lowest BCUT2D eigenvalue weighted by atomic mass is 10.3. The fraction of sp³-hybridized carbons (Fsp3) is 0. The van der Waals surface area contributed by atoms with Gasteiger partial charge in [-0.1, -0.05) is 11.6 Å². The Kier molecular flexibility index (Phi) is 2.94. The van der Waals surface area contributed by atoms with Crippen molar-refractivity contribution in [2.45, 2.75) is 0 Å². The van der Waals surface area contributed by atoms with Crippen LogP contribution in [0.25, 0.3) is 0 Å². The summed E-state index contributed by atoms with van der Waals surface area (Å²) in [7, 11) is 0. The monoisotopic (exact) mass is 239 g/mol. The number of aromatic nitrogens is 2. The van der Waals surface area contributed by atoms with Crippen molar-refractivity contribution >= 4 is 34.7 Å². The quantitative estimate of drug-likeness (QED) is 0.876. The van der Waals surface area contributed by atoms with Crippen LogP contribution in [-0.2, 0) is 0 Å². The SMILES string of the molecule is O=C(Nc1nccnc1Cl)c1ccsc1. The molecule has 2 rings (SSSR count). The largest absolute Gasteiger partial charge is 0.304 e. The molecule has 0 bridgehead atoms. The lowest BCUT2D eigenvalue weighted by Gasteiger charge is -2.02. The molecular formula is C9H6ClN3OS. The number of rotatable bonds is 2. The number of thiophene rings is 1. The summed E-state index contributed by atoms with van der Waals surface area (Å²) in [5.41, 5.74) is 0.585. The Bertz CT molecular complexity index is 472. The third-order valence-electron chi connectivity index (χ3n) is 1.67. The summed E-state index contributed by atoms with van der Waals surface area (Å²) in [6.07, 6.45) is 2.93. The minimum atomic E-state index is -0.237. The Morgan fingerprint density at radius 1 is 1.40 bits per heavy atom. The summed E-state index contributed by atoms with van der Waals surface area (Å²) in [5.74, 6) is 0.0361. The van der Waals surface area contributed by atoms with E-state index in [4.69, 9.17) is 11.6 Å². The second kappa shape index (κ2) is 4.37. The van der Waals surface area contributed by atoms with Gasteiger partial charge in [0.15, 0.2) is 11.0 Å². The van der Waals surface area contributed by atoms with Gasteiger partial charge >= 0.3 is 0 Å². The highest BCUT2D eigenvalue weighted by atomic mass is 35.5. The van der Waals surface area contributed by atoms with Crippen molar-refractivity contribution in [1.82, 2.24) is 9.97 Å². The number of halogens is 1. The van der Waals surface area contributed by atoms with Gasteiger partial charge < -0.3 is 5.32 Å². The van der Waals surface area contributed by atoms with Crippen molar-refractivity contribution in [3.05, 3.63) is 39.9 Å². The Morgan fingerprint density at radius 3 is 2.87 bits per heavy atom.